The van der Waals surface area contributed by atoms with E-state index in [0.717, 1.165) is 25.3 Å². The summed E-state index contributed by atoms with van der Waals surface area (Å²) in [4.78, 5) is 14.9. The van der Waals surface area contributed by atoms with Crippen molar-refractivity contribution in [2.24, 2.45) is 11.7 Å². The Kier molecular flexibility index (Phi) is 4.34. The molecule has 2 N–H and O–H groups in total. The van der Waals surface area contributed by atoms with E-state index in [1.807, 2.05) is 0 Å². The first kappa shape index (κ1) is 14.4. The number of hydrogen-bond acceptors (Lipinski definition) is 2. The molecule has 0 aliphatic heterocycles. The normalized spacial score (nSPS) is 26.6. The van der Waals surface area contributed by atoms with Gasteiger partial charge in [-0.3, -0.25) is 4.79 Å². The van der Waals surface area contributed by atoms with Crippen LogP contribution in [0.1, 0.15) is 77.0 Å². The minimum Gasteiger partial charge on any atom is -0.339 e. The van der Waals surface area contributed by atoms with Crippen LogP contribution in [0.15, 0.2) is 0 Å². The number of amides is 1. The Labute approximate surface area is 123 Å². The smallest absolute Gasteiger partial charge is 0.224 e. The molecule has 3 heteroatoms. The maximum Gasteiger partial charge on any atom is 0.224 e. The SMILES string of the molecule is NC1(CC(=O)N(CC2CCCCC2)C2CC2)CCCC1. The van der Waals surface area contributed by atoms with E-state index in [1.165, 1.54) is 57.8 Å². The average Bonchev–Trinajstić information content (AvgIpc) is 3.19. The van der Waals surface area contributed by atoms with E-state index < -0.39 is 0 Å². The highest BCUT2D eigenvalue weighted by Crippen LogP contribution is 2.35. The molecule has 3 aliphatic rings. The number of carbonyl (C=O) groups is 1. The second kappa shape index (κ2) is 6.05. The summed E-state index contributed by atoms with van der Waals surface area (Å²) >= 11 is 0. The zero-order valence-electron chi connectivity index (χ0n) is 12.8. The van der Waals surface area contributed by atoms with E-state index >= 15 is 0 Å². The number of nitrogens with two attached hydrogens (primary N) is 1. The molecule has 20 heavy (non-hydrogen) atoms. The summed E-state index contributed by atoms with van der Waals surface area (Å²) in [6.45, 7) is 1.01. The van der Waals surface area contributed by atoms with E-state index in [4.69, 9.17) is 5.73 Å². The first-order valence-corrected chi connectivity index (χ1v) is 8.75. The quantitative estimate of drug-likeness (QED) is 0.839. The van der Waals surface area contributed by atoms with Gasteiger partial charge in [0.2, 0.25) is 5.91 Å². The number of rotatable bonds is 5. The van der Waals surface area contributed by atoms with E-state index in [0.29, 0.717) is 18.4 Å². The first-order valence-electron chi connectivity index (χ1n) is 8.75. The van der Waals surface area contributed by atoms with Crippen LogP contribution in [-0.2, 0) is 4.79 Å². The molecule has 0 saturated heterocycles. The van der Waals surface area contributed by atoms with Crippen LogP contribution < -0.4 is 5.73 Å². The molecule has 0 radical (unpaired) electrons. The van der Waals surface area contributed by atoms with Crippen LogP contribution in [0, 0.1) is 5.92 Å². The van der Waals surface area contributed by atoms with Crippen molar-refractivity contribution in [2.45, 2.75) is 88.6 Å². The lowest BCUT2D eigenvalue weighted by Gasteiger charge is -2.32. The topological polar surface area (TPSA) is 46.3 Å². The molecular formula is C17H30N2O. The standard InChI is InChI=1S/C17H30N2O/c18-17(10-4-5-11-17)12-16(20)19(15-8-9-15)13-14-6-2-1-3-7-14/h14-15H,1-13,18H2. The highest BCUT2D eigenvalue weighted by Gasteiger charge is 2.38. The summed E-state index contributed by atoms with van der Waals surface area (Å²) in [6, 6.07) is 0.550. The van der Waals surface area contributed by atoms with Gasteiger partial charge in [-0.25, -0.2) is 0 Å². The van der Waals surface area contributed by atoms with E-state index in [9.17, 15) is 4.79 Å². The fourth-order valence-corrected chi connectivity index (χ4v) is 4.15. The van der Waals surface area contributed by atoms with Gasteiger partial charge in [0.1, 0.15) is 0 Å². The lowest BCUT2D eigenvalue weighted by atomic mass is 9.88. The Balaban J connectivity index is 1.56. The van der Waals surface area contributed by atoms with Crippen molar-refractivity contribution in [1.29, 1.82) is 0 Å². The fourth-order valence-electron chi connectivity index (χ4n) is 4.15. The van der Waals surface area contributed by atoms with Crippen molar-refractivity contribution in [3.63, 3.8) is 0 Å². The number of hydrogen-bond donors (Lipinski definition) is 1. The van der Waals surface area contributed by atoms with Gasteiger partial charge in [-0.05, 0) is 44.4 Å². The molecule has 3 nitrogen and oxygen atoms in total. The van der Waals surface area contributed by atoms with Gasteiger partial charge in [0.25, 0.3) is 0 Å². The molecule has 0 bridgehead atoms. The molecule has 0 aromatic heterocycles. The molecule has 0 aromatic carbocycles. The van der Waals surface area contributed by atoms with Crippen LogP contribution >= 0.6 is 0 Å². The average molecular weight is 278 g/mol. The molecule has 3 saturated carbocycles. The molecule has 0 spiro atoms. The number of nitrogens with zero attached hydrogens (tertiary/aromatic N) is 1. The van der Waals surface area contributed by atoms with Crippen LogP contribution in [0.3, 0.4) is 0 Å². The Hall–Kier alpha value is -0.570. The van der Waals surface area contributed by atoms with Crippen molar-refractivity contribution in [3.05, 3.63) is 0 Å². The molecule has 1 amide bonds. The molecular weight excluding hydrogens is 248 g/mol. The minimum absolute atomic E-state index is 0.184. The van der Waals surface area contributed by atoms with E-state index in [1.54, 1.807) is 0 Å². The van der Waals surface area contributed by atoms with Crippen LogP contribution in [-0.4, -0.2) is 28.9 Å². The molecule has 3 fully saturated rings. The third-order valence-corrected chi connectivity index (χ3v) is 5.59. The minimum atomic E-state index is -0.184. The largest absolute Gasteiger partial charge is 0.339 e. The summed E-state index contributed by atoms with van der Waals surface area (Å²) in [6.07, 6.45) is 14.3. The molecule has 114 valence electrons. The summed E-state index contributed by atoms with van der Waals surface area (Å²) in [7, 11) is 0. The third kappa shape index (κ3) is 3.55. The predicted octanol–water partition coefficient (Wildman–Crippen LogP) is 3.22. The second-order valence-electron chi connectivity index (χ2n) is 7.53. The van der Waals surface area contributed by atoms with Crippen molar-refractivity contribution < 1.29 is 4.79 Å². The summed E-state index contributed by atoms with van der Waals surface area (Å²) in [5.74, 6) is 1.10. The van der Waals surface area contributed by atoms with Crippen molar-refractivity contribution in [3.8, 4) is 0 Å². The molecule has 0 unspecified atom stereocenters. The van der Waals surface area contributed by atoms with Crippen molar-refractivity contribution in [2.75, 3.05) is 6.54 Å². The Bertz CT molecular complexity index is 339. The van der Waals surface area contributed by atoms with Gasteiger partial charge in [0.05, 0.1) is 0 Å². The van der Waals surface area contributed by atoms with Crippen LogP contribution in [0.2, 0.25) is 0 Å². The van der Waals surface area contributed by atoms with Gasteiger partial charge in [0.15, 0.2) is 0 Å². The highest BCUT2D eigenvalue weighted by molar-refractivity contribution is 5.78. The van der Waals surface area contributed by atoms with E-state index in [-0.39, 0.29) is 5.54 Å². The maximum absolute atomic E-state index is 12.7. The third-order valence-electron chi connectivity index (χ3n) is 5.59. The van der Waals surface area contributed by atoms with Gasteiger partial charge >= 0.3 is 0 Å². The summed E-state index contributed by atoms with van der Waals surface area (Å²) in [5, 5.41) is 0. The molecule has 0 atom stereocenters. The first-order chi connectivity index (χ1) is 9.66. The molecule has 0 aromatic rings. The second-order valence-corrected chi connectivity index (χ2v) is 7.53. The van der Waals surface area contributed by atoms with Gasteiger partial charge in [-0.1, -0.05) is 32.1 Å². The summed E-state index contributed by atoms with van der Waals surface area (Å²) in [5.41, 5.74) is 6.22. The molecule has 0 heterocycles. The zero-order valence-corrected chi connectivity index (χ0v) is 12.8. The maximum atomic E-state index is 12.7. The number of carbonyl (C=O) groups excluding carboxylic acids is 1. The lowest BCUT2D eigenvalue weighted by Crippen LogP contribution is -2.45. The van der Waals surface area contributed by atoms with Gasteiger partial charge in [-0.2, -0.15) is 0 Å². The van der Waals surface area contributed by atoms with Gasteiger partial charge in [0, 0.05) is 24.5 Å². The Morgan fingerprint density at radius 3 is 2.25 bits per heavy atom. The monoisotopic (exact) mass is 278 g/mol. The zero-order chi connectivity index (χ0) is 14.0. The Morgan fingerprint density at radius 2 is 1.65 bits per heavy atom. The van der Waals surface area contributed by atoms with Crippen LogP contribution in [0.5, 0.6) is 0 Å². The van der Waals surface area contributed by atoms with Crippen LogP contribution in [0.25, 0.3) is 0 Å². The van der Waals surface area contributed by atoms with Crippen molar-refractivity contribution in [1.82, 2.24) is 4.90 Å². The lowest BCUT2D eigenvalue weighted by molar-refractivity contribution is -0.133. The fraction of sp³-hybridized carbons (Fsp3) is 0.941. The highest BCUT2D eigenvalue weighted by atomic mass is 16.2. The van der Waals surface area contributed by atoms with Crippen molar-refractivity contribution >= 4 is 5.91 Å². The molecule has 3 aliphatic carbocycles. The van der Waals surface area contributed by atoms with Gasteiger partial charge < -0.3 is 10.6 Å². The predicted molar refractivity (Wildman–Crippen MR) is 81.3 cm³/mol. The Morgan fingerprint density at radius 1 is 1.00 bits per heavy atom. The van der Waals surface area contributed by atoms with Gasteiger partial charge in [-0.15, -0.1) is 0 Å². The molecule has 3 rings (SSSR count). The van der Waals surface area contributed by atoms with E-state index in [2.05, 4.69) is 4.90 Å². The summed E-state index contributed by atoms with van der Waals surface area (Å²) < 4.78 is 0. The van der Waals surface area contributed by atoms with Crippen LogP contribution in [0.4, 0.5) is 0 Å².